The fraction of sp³-hybridized carbons (Fsp3) is 0.583. The molecule has 2 rings (SSSR count). The predicted octanol–water partition coefficient (Wildman–Crippen LogP) is 3.17. The molecule has 2 nitrogen and oxygen atoms in total. The molecule has 0 bridgehead atoms. The Hall–Kier alpha value is -0.500. The number of hydrogen-bond donors (Lipinski definition) is 1. The van der Waals surface area contributed by atoms with Gasteiger partial charge in [-0.1, -0.05) is 0 Å². The van der Waals surface area contributed by atoms with Crippen LogP contribution in [0.4, 0.5) is 0 Å². The van der Waals surface area contributed by atoms with Gasteiger partial charge >= 0.3 is 0 Å². The van der Waals surface area contributed by atoms with Gasteiger partial charge in [0, 0.05) is 22.7 Å². The van der Waals surface area contributed by atoms with Crippen LogP contribution < -0.4 is 5.32 Å². The van der Waals surface area contributed by atoms with E-state index in [0.29, 0.717) is 6.04 Å². The first-order valence-corrected chi connectivity index (χ1v) is 7.51. The van der Waals surface area contributed by atoms with Crippen molar-refractivity contribution in [2.45, 2.75) is 31.1 Å². The molecule has 2 heterocycles. The molecule has 0 aromatic carbocycles. The molecule has 1 aromatic heterocycles. The van der Waals surface area contributed by atoms with Crippen molar-refractivity contribution in [3.63, 3.8) is 0 Å². The minimum Gasteiger partial charge on any atom is -0.308 e. The monoisotopic (exact) mass is 252 g/mol. The van der Waals surface area contributed by atoms with E-state index in [1.54, 1.807) is 11.3 Å². The summed E-state index contributed by atoms with van der Waals surface area (Å²) in [4.78, 5) is 2.07. The van der Waals surface area contributed by atoms with E-state index in [-0.39, 0.29) is 0 Å². The summed E-state index contributed by atoms with van der Waals surface area (Å²) in [5.41, 5.74) is 0. The van der Waals surface area contributed by atoms with Gasteiger partial charge in [-0.05, 0) is 37.7 Å². The fourth-order valence-electron chi connectivity index (χ4n) is 1.86. The highest BCUT2D eigenvalue weighted by Crippen LogP contribution is 2.27. The molecular weight excluding hydrogens is 236 g/mol. The van der Waals surface area contributed by atoms with Gasteiger partial charge in [0.15, 0.2) is 0 Å². The van der Waals surface area contributed by atoms with Crippen LogP contribution in [0.2, 0.25) is 0 Å². The largest absolute Gasteiger partial charge is 0.308 e. The van der Waals surface area contributed by atoms with Crippen LogP contribution in [0, 0.1) is 11.3 Å². The van der Waals surface area contributed by atoms with Crippen LogP contribution in [0.1, 0.15) is 35.6 Å². The molecule has 1 aliphatic heterocycles. The van der Waals surface area contributed by atoms with Crippen molar-refractivity contribution in [2.75, 3.05) is 12.3 Å². The lowest BCUT2D eigenvalue weighted by Crippen LogP contribution is -2.25. The van der Waals surface area contributed by atoms with E-state index in [9.17, 15) is 0 Å². The highest BCUT2D eigenvalue weighted by atomic mass is 32.2. The number of nitrogens with zero attached hydrogens (tertiary/aromatic N) is 1. The molecule has 0 spiro atoms. The Labute approximate surface area is 105 Å². The molecule has 1 aromatic rings. The lowest BCUT2D eigenvalue weighted by molar-refractivity contribution is 0.566. The second-order valence-corrected chi connectivity index (χ2v) is 6.60. The molecule has 0 aliphatic carbocycles. The molecule has 1 saturated heterocycles. The van der Waals surface area contributed by atoms with Crippen molar-refractivity contribution in [3.8, 4) is 6.07 Å². The van der Waals surface area contributed by atoms with Crippen molar-refractivity contribution < 1.29 is 0 Å². The third kappa shape index (κ3) is 3.00. The molecule has 4 heteroatoms. The Morgan fingerprint density at radius 3 is 3.12 bits per heavy atom. The third-order valence-electron chi connectivity index (χ3n) is 2.84. The summed E-state index contributed by atoms with van der Waals surface area (Å²) in [5.74, 6) is 1.32. The molecule has 0 radical (unpaired) electrons. The standard InChI is InChI=1S/C12H16N2S2/c1-9(12-5-4-10(7-13)16-12)14-8-11-3-2-6-15-11/h4-5,9,11,14H,2-3,6,8H2,1H3. The Balaban J connectivity index is 1.82. The van der Waals surface area contributed by atoms with Gasteiger partial charge in [-0.15, -0.1) is 11.3 Å². The average molecular weight is 252 g/mol. The third-order valence-corrected chi connectivity index (χ3v) is 5.41. The van der Waals surface area contributed by atoms with E-state index in [1.807, 2.05) is 6.07 Å². The number of nitriles is 1. The SMILES string of the molecule is CC(NCC1CCCS1)c1ccc(C#N)s1. The molecule has 0 saturated carbocycles. The molecule has 1 aliphatic rings. The molecule has 2 atom stereocenters. The Bertz CT molecular complexity index is 375. The van der Waals surface area contributed by atoms with Crippen molar-refractivity contribution in [2.24, 2.45) is 0 Å². The van der Waals surface area contributed by atoms with E-state index in [1.165, 1.54) is 23.5 Å². The zero-order chi connectivity index (χ0) is 11.4. The van der Waals surface area contributed by atoms with Crippen LogP contribution >= 0.6 is 23.1 Å². The summed E-state index contributed by atoms with van der Waals surface area (Å²) in [6.45, 7) is 3.26. The Kier molecular flexibility index (Phi) is 4.28. The van der Waals surface area contributed by atoms with Crippen LogP contribution in [0.3, 0.4) is 0 Å². The number of nitrogens with one attached hydrogen (secondary N) is 1. The minimum atomic E-state index is 0.369. The van der Waals surface area contributed by atoms with E-state index in [2.05, 4.69) is 36.1 Å². The Morgan fingerprint density at radius 1 is 1.62 bits per heavy atom. The smallest absolute Gasteiger partial charge is 0.110 e. The maximum atomic E-state index is 8.77. The van der Waals surface area contributed by atoms with Gasteiger partial charge in [0.1, 0.15) is 10.9 Å². The Morgan fingerprint density at radius 2 is 2.50 bits per heavy atom. The molecule has 86 valence electrons. The number of rotatable bonds is 4. The predicted molar refractivity (Wildman–Crippen MR) is 70.9 cm³/mol. The zero-order valence-electron chi connectivity index (χ0n) is 9.40. The van der Waals surface area contributed by atoms with Gasteiger partial charge in [0.25, 0.3) is 0 Å². The van der Waals surface area contributed by atoms with Crippen molar-refractivity contribution >= 4 is 23.1 Å². The van der Waals surface area contributed by atoms with Crippen LogP contribution in [0.5, 0.6) is 0 Å². The minimum absolute atomic E-state index is 0.369. The normalized spacial score (nSPS) is 21.9. The highest BCUT2D eigenvalue weighted by molar-refractivity contribution is 8.00. The van der Waals surface area contributed by atoms with Gasteiger partial charge in [-0.25, -0.2) is 0 Å². The first kappa shape index (κ1) is 12.0. The molecule has 2 unspecified atom stereocenters. The summed E-state index contributed by atoms with van der Waals surface area (Å²) in [6, 6.07) is 6.52. The lowest BCUT2D eigenvalue weighted by atomic mass is 10.2. The van der Waals surface area contributed by atoms with Gasteiger partial charge in [0.2, 0.25) is 0 Å². The second kappa shape index (κ2) is 5.72. The van der Waals surface area contributed by atoms with E-state index in [0.717, 1.165) is 16.7 Å². The zero-order valence-corrected chi connectivity index (χ0v) is 11.0. The molecule has 1 N–H and O–H groups in total. The van der Waals surface area contributed by atoms with Gasteiger partial charge < -0.3 is 5.32 Å². The maximum Gasteiger partial charge on any atom is 0.110 e. The molecule has 1 fully saturated rings. The van der Waals surface area contributed by atoms with Crippen LogP contribution in [0.25, 0.3) is 0 Å². The molecule has 0 amide bonds. The first-order chi connectivity index (χ1) is 7.79. The summed E-state index contributed by atoms with van der Waals surface area (Å²) in [7, 11) is 0. The topological polar surface area (TPSA) is 35.8 Å². The molecule has 16 heavy (non-hydrogen) atoms. The highest BCUT2D eigenvalue weighted by Gasteiger charge is 2.16. The van der Waals surface area contributed by atoms with E-state index in [4.69, 9.17) is 5.26 Å². The summed E-state index contributed by atoms with van der Waals surface area (Å²) in [5, 5.41) is 13.1. The van der Waals surface area contributed by atoms with Crippen LogP contribution in [-0.4, -0.2) is 17.5 Å². The average Bonchev–Trinajstić information content (AvgIpc) is 2.96. The van der Waals surface area contributed by atoms with Crippen molar-refractivity contribution in [3.05, 3.63) is 21.9 Å². The van der Waals surface area contributed by atoms with E-state index < -0.39 is 0 Å². The summed E-state index contributed by atoms with van der Waals surface area (Å²) in [6.07, 6.45) is 2.71. The lowest BCUT2D eigenvalue weighted by Gasteiger charge is -2.15. The first-order valence-electron chi connectivity index (χ1n) is 5.64. The van der Waals surface area contributed by atoms with Gasteiger partial charge in [-0.2, -0.15) is 17.0 Å². The number of thioether (sulfide) groups is 1. The fourth-order valence-corrected chi connectivity index (χ4v) is 3.91. The van der Waals surface area contributed by atoms with Crippen molar-refractivity contribution in [1.82, 2.24) is 5.32 Å². The van der Waals surface area contributed by atoms with E-state index >= 15 is 0 Å². The van der Waals surface area contributed by atoms with Crippen LogP contribution in [0.15, 0.2) is 12.1 Å². The quantitative estimate of drug-likeness (QED) is 0.894. The number of hydrogen-bond acceptors (Lipinski definition) is 4. The van der Waals surface area contributed by atoms with Gasteiger partial charge in [-0.3, -0.25) is 0 Å². The summed E-state index contributed by atoms with van der Waals surface area (Å²) < 4.78 is 0. The second-order valence-electron chi connectivity index (χ2n) is 4.08. The van der Waals surface area contributed by atoms with Crippen LogP contribution in [-0.2, 0) is 0 Å². The van der Waals surface area contributed by atoms with Gasteiger partial charge in [0.05, 0.1) is 0 Å². The molecular formula is C12H16N2S2. The van der Waals surface area contributed by atoms with Crippen molar-refractivity contribution in [1.29, 1.82) is 5.26 Å². The summed E-state index contributed by atoms with van der Waals surface area (Å²) >= 11 is 3.67. The number of thiophene rings is 1. The maximum absolute atomic E-state index is 8.77.